The largest absolute Gasteiger partial charge is 0.258 e. The number of H-pyrrole nitrogens is 1. The molecule has 1 aromatic heterocycles. The first-order valence-electron chi connectivity index (χ1n) is 6.30. The quantitative estimate of drug-likeness (QED) is 0.718. The number of aromatic nitrogens is 2. The average Bonchev–Trinajstić information content (AvgIpc) is 2.83. The highest BCUT2D eigenvalue weighted by Crippen LogP contribution is 2.20. The van der Waals surface area contributed by atoms with Crippen molar-refractivity contribution in [2.75, 3.05) is 0 Å². The summed E-state index contributed by atoms with van der Waals surface area (Å²) >= 11 is 6.60. The summed E-state index contributed by atoms with van der Waals surface area (Å²) in [7, 11) is 0. The van der Waals surface area contributed by atoms with E-state index in [9.17, 15) is 0 Å². The number of hydrogen-bond acceptors (Lipinski definition) is 3. The Morgan fingerprint density at radius 1 is 1.11 bits per heavy atom. The maximum absolute atomic E-state index is 5.06. The van der Waals surface area contributed by atoms with Gasteiger partial charge < -0.3 is 0 Å². The second-order valence-corrected chi connectivity index (χ2v) is 6.30. The molecule has 2 aromatic carbocycles. The number of nitrogens with zero attached hydrogens (tertiary/aromatic N) is 1. The van der Waals surface area contributed by atoms with Gasteiger partial charge in [-0.3, -0.25) is 5.10 Å². The van der Waals surface area contributed by atoms with E-state index in [1.165, 1.54) is 21.9 Å². The Labute approximate surface area is 121 Å². The molecule has 96 valence electrons. The molecule has 0 aliphatic carbocycles. The zero-order chi connectivity index (χ0) is 13.2. The summed E-state index contributed by atoms with van der Waals surface area (Å²) in [4.78, 5) is 0. The van der Waals surface area contributed by atoms with Crippen LogP contribution >= 0.6 is 23.6 Å². The molecule has 1 heterocycles. The predicted molar refractivity (Wildman–Crippen MR) is 83.4 cm³/mol. The summed E-state index contributed by atoms with van der Waals surface area (Å²) in [5.74, 6) is 0. The second-order valence-electron chi connectivity index (χ2n) is 4.55. The Balaban J connectivity index is 1.98. The lowest BCUT2D eigenvalue weighted by Crippen LogP contribution is -1.88. The molecule has 0 amide bonds. The topological polar surface area (TPSA) is 28.7 Å². The first-order chi connectivity index (χ1) is 9.24. The number of aryl methyl sites for hydroxylation is 1. The van der Waals surface area contributed by atoms with Crippen LogP contribution in [0.1, 0.15) is 23.1 Å². The van der Waals surface area contributed by atoms with Gasteiger partial charge in [0.1, 0.15) is 5.01 Å². The number of fused-ring (bicyclic) bond motifs is 1. The molecule has 0 fully saturated rings. The van der Waals surface area contributed by atoms with E-state index in [4.69, 9.17) is 12.2 Å². The molecule has 3 aromatic rings. The molecule has 0 atom stereocenters. The second kappa shape index (κ2) is 5.23. The standard InChI is InChI=1S/C15H14N2S2/c1-2-10-3-5-12-6-4-11(8-13(12)7-10)9-14-16-17-15(18)19-14/h3-8H,2,9H2,1H3,(H,17,18). The Morgan fingerprint density at radius 2 is 1.84 bits per heavy atom. The average molecular weight is 286 g/mol. The minimum Gasteiger partial charge on any atom is -0.258 e. The fraction of sp³-hybridized carbons (Fsp3) is 0.200. The Hall–Kier alpha value is -1.52. The van der Waals surface area contributed by atoms with Gasteiger partial charge in [0, 0.05) is 6.42 Å². The molecule has 0 spiro atoms. The molecule has 0 radical (unpaired) electrons. The summed E-state index contributed by atoms with van der Waals surface area (Å²) < 4.78 is 0.740. The van der Waals surface area contributed by atoms with Gasteiger partial charge in [-0.2, -0.15) is 5.10 Å². The van der Waals surface area contributed by atoms with E-state index < -0.39 is 0 Å². The van der Waals surface area contributed by atoms with Crippen molar-refractivity contribution in [2.24, 2.45) is 0 Å². The van der Waals surface area contributed by atoms with Gasteiger partial charge in [-0.25, -0.2) is 0 Å². The van der Waals surface area contributed by atoms with E-state index in [-0.39, 0.29) is 0 Å². The van der Waals surface area contributed by atoms with Crippen molar-refractivity contribution in [2.45, 2.75) is 19.8 Å². The van der Waals surface area contributed by atoms with E-state index in [1.807, 2.05) is 0 Å². The fourth-order valence-corrected chi connectivity index (χ4v) is 3.16. The molecule has 0 saturated carbocycles. The lowest BCUT2D eigenvalue weighted by Gasteiger charge is -2.04. The van der Waals surface area contributed by atoms with Gasteiger partial charge in [0.25, 0.3) is 0 Å². The first-order valence-corrected chi connectivity index (χ1v) is 7.53. The van der Waals surface area contributed by atoms with Gasteiger partial charge in [-0.15, -0.1) is 0 Å². The summed E-state index contributed by atoms with van der Waals surface area (Å²) in [5.41, 5.74) is 2.65. The molecule has 0 aliphatic heterocycles. The van der Waals surface area contributed by atoms with Gasteiger partial charge in [-0.1, -0.05) is 54.7 Å². The Bertz CT molecular complexity index is 771. The van der Waals surface area contributed by atoms with Crippen molar-refractivity contribution >= 4 is 34.3 Å². The summed E-state index contributed by atoms with van der Waals surface area (Å²) in [6, 6.07) is 13.2. The SMILES string of the molecule is CCc1ccc2ccc(Cc3n[nH]c(=S)s3)cc2c1. The minimum absolute atomic E-state index is 0.740. The third-order valence-corrected chi connectivity index (χ3v) is 4.30. The van der Waals surface area contributed by atoms with Crippen LogP contribution in [0.15, 0.2) is 36.4 Å². The highest BCUT2D eigenvalue weighted by Gasteiger charge is 2.02. The molecule has 19 heavy (non-hydrogen) atoms. The van der Waals surface area contributed by atoms with E-state index in [0.29, 0.717) is 0 Å². The number of aromatic amines is 1. The summed E-state index contributed by atoms with van der Waals surface area (Å²) in [6.45, 7) is 2.18. The van der Waals surface area contributed by atoms with Gasteiger partial charge >= 0.3 is 0 Å². The van der Waals surface area contributed by atoms with E-state index in [0.717, 1.165) is 21.8 Å². The van der Waals surface area contributed by atoms with Crippen LogP contribution in [0.4, 0.5) is 0 Å². The lowest BCUT2D eigenvalue weighted by molar-refractivity contribution is 0.998. The van der Waals surface area contributed by atoms with Crippen LogP contribution in [0.2, 0.25) is 0 Å². The van der Waals surface area contributed by atoms with Crippen LogP contribution < -0.4 is 0 Å². The van der Waals surface area contributed by atoms with E-state index in [1.54, 1.807) is 11.3 Å². The van der Waals surface area contributed by atoms with Crippen molar-refractivity contribution in [3.8, 4) is 0 Å². The predicted octanol–water partition coefficient (Wildman–Crippen LogP) is 4.51. The molecule has 4 heteroatoms. The molecule has 0 aliphatic rings. The van der Waals surface area contributed by atoms with Crippen molar-refractivity contribution < 1.29 is 0 Å². The van der Waals surface area contributed by atoms with Crippen molar-refractivity contribution in [3.05, 3.63) is 56.5 Å². The Kier molecular flexibility index (Phi) is 3.44. The van der Waals surface area contributed by atoms with Crippen LogP contribution in [0.3, 0.4) is 0 Å². The zero-order valence-corrected chi connectivity index (χ0v) is 12.3. The molecular weight excluding hydrogens is 272 g/mol. The third kappa shape index (κ3) is 2.74. The first kappa shape index (κ1) is 12.5. The number of rotatable bonds is 3. The van der Waals surface area contributed by atoms with E-state index in [2.05, 4.69) is 53.5 Å². The summed E-state index contributed by atoms with van der Waals surface area (Å²) in [5, 5.41) is 10.7. The summed E-state index contributed by atoms with van der Waals surface area (Å²) in [6.07, 6.45) is 1.91. The van der Waals surface area contributed by atoms with Crippen molar-refractivity contribution in [1.29, 1.82) is 0 Å². The zero-order valence-electron chi connectivity index (χ0n) is 10.6. The normalized spacial score (nSPS) is 11.0. The van der Waals surface area contributed by atoms with Crippen LogP contribution in [0, 0.1) is 3.95 Å². The van der Waals surface area contributed by atoms with Gasteiger partial charge in [-0.05, 0) is 40.5 Å². The van der Waals surface area contributed by atoms with Gasteiger partial charge in [0.05, 0.1) is 0 Å². The number of hydrogen-bond donors (Lipinski definition) is 1. The molecule has 2 nitrogen and oxygen atoms in total. The van der Waals surface area contributed by atoms with Crippen LogP contribution in [-0.4, -0.2) is 10.2 Å². The third-order valence-electron chi connectivity index (χ3n) is 3.22. The maximum atomic E-state index is 5.06. The van der Waals surface area contributed by atoms with Crippen molar-refractivity contribution in [3.63, 3.8) is 0 Å². The fourth-order valence-electron chi connectivity index (χ4n) is 2.19. The molecule has 1 N–H and O–H groups in total. The molecule has 0 unspecified atom stereocenters. The maximum Gasteiger partial charge on any atom is 0.176 e. The highest BCUT2D eigenvalue weighted by atomic mass is 32.1. The van der Waals surface area contributed by atoms with Crippen LogP contribution in [-0.2, 0) is 12.8 Å². The molecule has 0 saturated heterocycles. The molecule has 0 bridgehead atoms. The lowest BCUT2D eigenvalue weighted by atomic mass is 10.0. The molecular formula is C15H14N2S2. The molecule has 3 rings (SSSR count). The highest BCUT2D eigenvalue weighted by molar-refractivity contribution is 7.73. The van der Waals surface area contributed by atoms with E-state index >= 15 is 0 Å². The van der Waals surface area contributed by atoms with Crippen LogP contribution in [0.5, 0.6) is 0 Å². The number of nitrogens with one attached hydrogen (secondary N) is 1. The smallest absolute Gasteiger partial charge is 0.176 e. The van der Waals surface area contributed by atoms with Crippen molar-refractivity contribution in [1.82, 2.24) is 10.2 Å². The van der Waals surface area contributed by atoms with Gasteiger partial charge in [0.2, 0.25) is 0 Å². The Morgan fingerprint density at radius 3 is 2.53 bits per heavy atom. The van der Waals surface area contributed by atoms with Gasteiger partial charge in [0.15, 0.2) is 3.95 Å². The number of benzene rings is 2. The monoisotopic (exact) mass is 286 g/mol. The van der Waals surface area contributed by atoms with Crippen LogP contribution in [0.25, 0.3) is 10.8 Å². The minimum atomic E-state index is 0.740.